The third kappa shape index (κ3) is 3.31. The molecule has 1 amide bonds. The predicted molar refractivity (Wildman–Crippen MR) is 69.3 cm³/mol. The molecule has 7 heteroatoms. The second-order valence-electron chi connectivity index (χ2n) is 4.61. The molecule has 1 fully saturated rings. The maximum absolute atomic E-state index is 13.7. The standard InChI is InChI=1S/C13H12BrF4NO/c14-5-6-19(9-2-3-9)12(20)10-7-8(13(16,17)18)1-4-11(10)15/h1,4,7,9H,2-3,5-6H2. The molecule has 2 nitrogen and oxygen atoms in total. The molecule has 0 bridgehead atoms. The maximum atomic E-state index is 13.7. The minimum absolute atomic E-state index is 0.00833. The third-order valence-corrected chi connectivity index (χ3v) is 3.45. The number of hydrogen-bond acceptors (Lipinski definition) is 1. The van der Waals surface area contributed by atoms with Crippen LogP contribution in [0.5, 0.6) is 0 Å². The van der Waals surface area contributed by atoms with Gasteiger partial charge in [0.25, 0.3) is 5.91 Å². The fourth-order valence-corrected chi connectivity index (χ4v) is 2.33. The van der Waals surface area contributed by atoms with Crippen LogP contribution in [-0.4, -0.2) is 28.7 Å². The quantitative estimate of drug-likeness (QED) is 0.594. The Kier molecular flexibility index (Phi) is 4.36. The molecule has 0 heterocycles. The van der Waals surface area contributed by atoms with Crippen molar-refractivity contribution in [1.82, 2.24) is 4.90 Å². The average molecular weight is 354 g/mol. The zero-order valence-electron chi connectivity index (χ0n) is 10.4. The van der Waals surface area contributed by atoms with Crippen molar-refractivity contribution in [2.24, 2.45) is 0 Å². The van der Waals surface area contributed by atoms with Gasteiger partial charge in [0.2, 0.25) is 0 Å². The Morgan fingerprint density at radius 3 is 2.50 bits per heavy atom. The second-order valence-corrected chi connectivity index (χ2v) is 5.40. The highest BCUT2D eigenvalue weighted by molar-refractivity contribution is 9.09. The molecule has 0 saturated heterocycles. The molecule has 1 aromatic carbocycles. The van der Waals surface area contributed by atoms with E-state index in [9.17, 15) is 22.4 Å². The highest BCUT2D eigenvalue weighted by atomic mass is 79.9. The van der Waals surface area contributed by atoms with Gasteiger partial charge in [-0.3, -0.25) is 4.79 Å². The first-order valence-electron chi connectivity index (χ1n) is 6.08. The van der Waals surface area contributed by atoms with Crippen LogP contribution in [-0.2, 0) is 6.18 Å². The van der Waals surface area contributed by atoms with E-state index < -0.39 is 29.0 Å². The van der Waals surface area contributed by atoms with E-state index in [1.807, 2.05) is 0 Å². The van der Waals surface area contributed by atoms with Gasteiger partial charge in [0.15, 0.2) is 0 Å². The lowest BCUT2D eigenvalue weighted by atomic mass is 10.1. The summed E-state index contributed by atoms with van der Waals surface area (Å²) in [6.45, 7) is 0.346. The van der Waals surface area contributed by atoms with Crippen LogP contribution in [0.4, 0.5) is 17.6 Å². The van der Waals surface area contributed by atoms with Crippen LogP contribution >= 0.6 is 15.9 Å². The molecule has 0 spiro atoms. The number of nitrogens with zero attached hydrogens (tertiary/aromatic N) is 1. The Labute approximate surface area is 121 Å². The van der Waals surface area contributed by atoms with Gasteiger partial charge in [0, 0.05) is 17.9 Å². The minimum Gasteiger partial charge on any atom is -0.335 e. The third-order valence-electron chi connectivity index (χ3n) is 3.10. The van der Waals surface area contributed by atoms with Crippen LogP contribution < -0.4 is 0 Å². The number of rotatable bonds is 4. The molecule has 2 rings (SSSR count). The first kappa shape index (κ1) is 15.3. The van der Waals surface area contributed by atoms with Crippen molar-refractivity contribution in [3.63, 3.8) is 0 Å². The minimum atomic E-state index is -4.59. The van der Waals surface area contributed by atoms with Crippen LogP contribution in [0.3, 0.4) is 0 Å². The van der Waals surface area contributed by atoms with E-state index in [-0.39, 0.29) is 6.04 Å². The summed E-state index contributed by atoms with van der Waals surface area (Å²) in [5, 5.41) is 0.496. The van der Waals surface area contributed by atoms with Crippen molar-refractivity contribution in [3.8, 4) is 0 Å². The molecule has 1 aliphatic rings. The SMILES string of the molecule is O=C(c1cc(C(F)(F)F)ccc1F)N(CCBr)C1CC1. The second kappa shape index (κ2) is 5.71. The first-order valence-corrected chi connectivity index (χ1v) is 7.20. The van der Waals surface area contributed by atoms with Gasteiger partial charge in [-0.1, -0.05) is 15.9 Å². The molecule has 1 aromatic rings. The number of alkyl halides is 4. The topological polar surface area (TPSA) is 20.3 Å². The zero-order chi connectivity index (χ0) is 14.9. The van der Waals surface area contributed by atoms with Crippen molar-refractivity contribution < 1.29 is 22.4 Å². The largest absolute Gasteiger partial charge is 0.416 e. The van der Waals surface area contributed by atoms with Crippen LogP contribution in [0.15, 0.2) is 18.2 Å². The molecule has 0 atom stereocenters. The van der Waals surface area contributed by atoms with E-state index in [2.05, 4.69) is 15.9 Å². The van der Waals surface area contributed by atoms with Crippen LogP contribution in [0, 0.1) is 5.82 Å². The monoisotopic (exact) mass is 353 g/mol. The fraction of sp³-hybridized carbons (Fsp3) is 0.462. The van der Waals surface area contributed by atoms with E-state index in [0.717, 1.165) is 12.8 Å². The van der Waals surface area contributed by atoms with Crippen molar-refractivity contribution >= 4 is 21.8 Å². The fourth-order valence-electron chi connectivity index (χ4n) is 1.95. The van der Waals surface area contributed by atoms with Gasteiger partial charge in [0.05, 0.1) is 11.1 Å². The number of carbonyl (C=O) groups excluding carboxylic acids is 1. The summed E-state index contributed by atoms with van der Waals surface area (Å²) in [6.07, 6.45) is -2.98. The summed E-state index contributed by atoms with van der Waals surface area (Å²) < 4.78 is 51.6. The van der Waals surface area contributed by atoms with Crippen molar-refractivity contribution in [2.45, 2.75) is 25.1 Å². The predicted octanol–water partition coefficient (Wildman–Crippen LogP) is 3.84. The summed E-state index contributed by atoms with van der Waals surface area (Å²) >= 11 is 3.18. The Bertz CT molecular complexity index is 514. The average Bonchev–Trinajstić information content (AvgIpc) is 3.18. The van der Waals surface area contributed by atoms with Crippen molar-refractivity contribution in [1.29, 1.82) is 0 Å². The van der Waals surface area contributed by atoms with Gasteiger partial charge < -0.3 is 4.90 Å². The Hall–Kier alpha value is -1.11. The molecule has 1 saturated carbocycles. The number of hydrogen-bond donors (Lipinski definition) is 0. The molecule has 0 unspecified atom stereocenters. The summed E-state index contributed by atoms with van der Waals surface area (Å²) in [5.74, 6) is -1.61. The lowest BCUT2D eigenvalue weighted by Crippen LogP contribution is -2.35. The zero-order valence-corrected chi connectivity index (χ0v) is 12.0. The van der Waals surface area contributed by atoms with Gasteiger partial charge in [0.1, 0.15) is 5.82 Å². The summed E-state index contributed by atoms with van der Waals surface area (Å²) in [4.78, 5) is 13.6. The highest BCUT2D eigenvalue weighted by Crippen LogP contribution is 2.32. The molecular weight excluding hydrogens is 342 g/mol. The van der Waals surface area contributed by atoms with Gasteiger partial charge in [-0.25, -0.2) is 4.39 Å². The summed E-state index contributed by atoms with van der Waals surface area (Å²) in [7, 11) is 0. The summed E-state index contributed by atoms with van der Waals surface area (Å²) in [5.41, 5.74) is -1.54. The molecule has 110 valence electrons. The van der Waals surface area contributed by atoms with Crippen LogP contribution in [0.25, 0.3) is 0 Å². The van der Waals surface area contributed by atoms with Crippen molar-refractivity contribution in [3.05, 3.63) is 35.1 Å². The molecule has 0 N–H and O–H groups in total. The Morgan fingerprint density at radius 2 is 2.00 bits per heavy atom. The van der Waals surface area contributed by atoms with E-state index in [1.54, 1.807) is 0 Å². The van der Waals surface area contributed by atoms with Crippen molar-refractivity contribution in [2.75, 3.05) is 11.9 Å². The lowest BCUT2D eigenvalue weighted by Gasteiger charge is -2.22. The van der Waals surface area contributed by atoms with Gasteiger partial charge in [-0.15, -0.1) is 0 Å². The smallest absolute Gasteiger partial charge is 0.335 e. The first-order chi connectivity index (χ1) is 9.34. The van der Waals surface area contributed by atoms with Gasteiger partial charge in [-0.2, -0.15) is 13.2 Å². The number of benzene rings is 1. The number of halogens is 5. The molecule has 0 aromatic heterocycles. The number of carbonyl (C=O) groups is 1. The Balaban J connectivity index is 2.32. The lowest BCUT2D eigenvalue weighted by molar-refractivity contribution is -0.137. The van der Waals surface area contributed by atoms with Gasteiger partial charge in [-0.05, 0) is 31.0 Å². The number of amides is 1. The van der Waals surface area contributed by atoms with E-state index in [0.29, 0.717) is 30.1 Å². The summed E-state index contributed by atoms with van der Waals surface area (Å²) in [6, 6.07) is 1.92. The van der Waals surface area contributed by atoms with E-state index in [4.69, 9.17) is 0 Å². The molecular formula is C13H12BrF4NO. The van der Waals surface area contributed by atoms with Crippen LogP contribution in [0.1, 0.15) is 28.8 Å². The molecule has 20 heavy (non-hydrogen) atoms. The van der Waals surface area contributed by atoms with E-state index in [1.165, 1.54) is 4.90 Å². The highest BCUT2D eigenvalue weighted by Gasteiger charge is 2.36. The van der Waals surface area contributed by atoms with E-state index >= 15 is 0 Å². The molecule has 1 aliphatic carbocycles. The molecule has 0 aliphatic heterocycles. The van der Waals surface area contributed by atoms with Crippen LogP contribution in [0.2, 0.25) is 0 Å². The van der Waals surface area contributed by atoms with Gasteiger partial charge >= 0.3 is 6.18 Å². The Morgan fingerprint density at radius 1 is 1.35 bits per heavy atom. The maximum Gasteiger partial charge on any atom is 0.416 e. The molecule has 0 radical (unpaired) electrons. The normalized spacial score (nSPS) is 15.2.